The summed E-state index contributed by atoms with van der Waals surface area (Å²) in [5, 5.41) is 55.2. The Kier molecular flexibility index (Phi) is 46.4. The van der Waals surface area contributed by atoms with Crippen LogP contribution in [-0.4, -0.2) is 210 Å². The maximum Gasteiger partial charge on any atom is 0.309 e. The first-order valence-corrected chi connectivity index (χ1v) is 40.7. The van der Waals surface area contributed by atoms with E-state index in [-0.39, 0.29) is 59.1 Å². The lowest BCUT2D eigenvalue weighted by Gasteiger charge is -2.17. The third-order valence-electron chi connectivity index (χ3n) is 21.4. The molecule has 1 aromatic carbocycles. The predicted molar refractivity (Wildman–Crippen MR) is 413 cm³/mol. The quantitative estimate of drug-likeness (QED) is 0.0262. The van der Waals surface area contributed by atoms with E-state index in [4.69, 9.17) is 10.2 Å². The van der Waals surface area contributed by atoms with Gasteiger partial charge in [0.1, 0.15) is 0 Å². The second-order valence-corrected chi connectivity index (χ2v) is 31.0. The van der Waals surface area contributed by atoms with Crippen LogP contribution in [0.15, 0.2) is 43.0 Å². The molecular weight excluding hydrogens is 1370 g/mol. The maximum absolute atomic E-state index is 12.4. The lowest BCUT2D eigenvalue weighted by Crippen LogP contribution is -2.29. The molecule has 6 saturated heterocycles. The zero-order valence-electron chi connectivity index (χ0n) is 67.2. The van der Waals surface area contributed by atoms with Crippen LogP contribution < -0.4 is 0 Å². The van der Waals surface area contributed by atoms with Crippen molar-refractivity contribution in [1.29, 1.82) is 0 Å². The summed E-state index contributed by atoms with van der Waals surface area (Å²) in [4.78, 5) is 151. The van der Waals surface area contributed by atoms with Crippen LogP contribution in [-0.2, 0) is 64.0 Å². The molecule has 0 spiro atoms. The molecule has 24 heteroatoms. The number of hydrogen-bond acceptors (Lipinski definition) is 12. The summed E-state index contributed by atoms with van der Waals surface area (Å²) in [5.41, 5.74) is 1.02. The molecule has 24 nitrogen and oxygen atoms in total. The van der Waals surface area contributed by atoms with E-state index in [9.17, 15) is 78.0 Å². The molecule has 6 fully saturated rings. The molecule has 12 unspecified atom stereocenters. The third-order valence-corrected chi connectivity index (χ3v) is 21.4. The lowest BCUT2D eigenvalue weighted by atomic mass is 9.88. The molecule has 6 N–H and O–H groups in total. The van der Waals surface area contributed by atoms with Crippen LogP contribution in [0.4, 0.5) is 0 Å². The highest BCUT2D eigenvalue weighted by Crippen LogP contribution is 2.35. The molecule has 0 saturated carbocycles. The van der Waals surface area contributed by atoms with E-state index in [1.165, 1.54) is 19.3 Å². The number of likely N-dealkylation sites (tertiary alicyclic amines) is 6. The maximum atomic E-state index is 12.4. The Labute approximate surface area is 639 Å². The second kappa shape index (κ2) is 51.8. The second-order valence-electron chi connectivity index (χ2n) is 31.0. The summed E-state index contributed by atoms with van der Waals surface area (Å²) in [6.45, 7) is 34.8. The van der Waals surface area contributed by atoms with Crippen LogP contribution in [0.2, 0.25) is 0 Å². The van der Waals surface area contributed by atoms with E-state index in [0.29, 0.717) is 122 Å². The number of hydrogen-bond donors (Lipinski definition) is 6. The van der Waals surface area contributed by atoms with Gasteiger partial charge >= 0.3 is 35.8 Å². The number of unbranched alkanes of at least 4 members (excludes halogenated alkanes) is 11. The fraction of sp³-hybridized carbons (Fsp3) is 0.759. The van der Waals surface area contributed by atoms with Gasteiger partial charge in [0.25, 0.3) is 0 Å². The van der Waals surface area contributed by atoms with Gasteiger partial charge in [-0.2, -0.15) is 0 Å². The van der Waals surface area contributed by atoms with Gasteiger partial charge in [-0.05, 0) is 94.4 Å². The predicted octanol–water partition coefficient (Wildman–Crippen LogP) is 13.1. The topological polar surface area (TPSA) is 346 Å². The zero-order valence-corrected chi connectivity index (χ0v) is 67.2. The van der Waals surface area contributed by atoms with Gasteiger partial charge in [-0.1, -0.05) is 203 Å². The van der Waals surface area contributed by atoms with E-state index < -0.39 is 83.2 Å². The van der Waals surface area contributed by atoms with Crippen molar-refractivity contribution in [3.63, 3.8) is 0 Å². The number of carboxylic acids is 6. The number of nitrogens with zero attached hydrogens (tertiary/aromatic N) is 6. The van der Waals surface area contributed by atoms with Crippen LogP contribution in [0.1, 0.15) is 243 Å². The Balaban J connectivity index is 0.000000437. The Morgan fingerprint density at radius 3 is 0.869 bits per heavy atom. The first-order valence-electron chi connectivity index (χ1n) is 40.7. The zero-order chi connectivity index (χ0) is 80.5. The average molecular weight is 1510 g/mol. The van der Waals surface area contributed by atoms with E-state index in [1.54, 1.807) is 35.5 Å². The molecule has 608 valence electrons. The molecule has 1 aromatic rings. The van der Waals surface area contributed by atoms with Crippen molar-refractivity contribution in [2.45, 2.75) is 244 Å². The molecule has 0 aromatic heterocycles. The number of aliphatic carboxylic acids is 6. The van der Waals surface area contributed by atoms with Gasteiger partial charge in [-0.15, -0.1) is 6.58 Å². The first kappa shape index (κ1) is 95.7. The molecule has 6 heterocycles. The van der Waals surface area contributed by atoms with Gasteiger partial charge in [-0.3, -0.25) is 57.5 Å². The normalized spacial score (nSPS) is 23.8. The monoisotopic (exact) mass is 1510 g/mol. The van der Waals surface area contributed by atoms with Crippen LogP contribution in [0.5, 0.6) is 0 Å². The van der Waals surface area contributed by atoms with Gasteiger partial charge in [0.2, 0.25) is 35.4 Å². The number of carboxylic acid groups (broad SMARTS) is 6. The standard InChI is InChI=1S/C16H21NO3.2C14H25NO3.C14H23NO3.C13H23NO3.C12H21NO3/c1-2-3-9-17-11-14(16(19)20)13(15(17)18)10-12-7-5-4-6-8-12;1-4-5-6-7-15-9-12(14(17)18)11(13(15)16)8-10(2)3;2*1-3-5-6-7-9-15-10-12(14(17)18)11(8-4-2)13(15)16;1-4-5-6-14-8-11(13(16)17)10(12(14)15)7-9(2)3;1-3-5-7-13-8-10(12(15)16)9(6-4-2)11(13)14/h4-8,13-14H,2-3,9-11H2,1H3,(H,19,20);10-12H,4-9H2,1-3H3,(H,17,18);11-12H,3-10H2,1-2H3,(H,17,18);4,11-12H,2-3,5-10H2,1H3,(H,17,18);9-11H,4-8H2,1-3H3,(H,16,17);9-10H,3-8H2,1-2H3,(H,15,16). The van der Waals surface area contributed by atoms with Crippen LogP contribution in [0.3, 0.4) is 0 Å². The average Bonchev–Trinajstić information content (AvgIpc) is 1.77. The van der Waals surface area contributed by atoms with E-state index in [2.05, 4.69) is 48.1 Å². The molecule has 6 amide bonds. The van der Waals surface area contributed by atoms with Gasteiger partial charge in [0, 0.05) is 78.5 Å². The Morgan fingerprint density at radius 2 is 0.589 bits per heavy atom. The Morgan fingerprint density at radius 1 is 0.346 bits per heavy atom. The highest BCUT2D eigenvalue weighted by molar-refractivity contribution is 5.92. The van der Waals surface area contributed by atoms with Gasteiger partial charge < -0.3 is 60.0 Å². The number of amides is 6. The van der Waals surface area contributed by atoms with Crippen LogP contribution >= 0.6 is 0 Å². The van der Waals surface area contributed by atoms with E-state index >= 15 is 0 Å². The molecule has 7 rings (SSSR count). The van der Waals surface area contributed by atoms with Gasteiger partial charge in [0.05, 0.1) is 71.0 Å². The van der Waals surface area contributed by atoms with Crippen molar-refractivity contribution < 1.29 is 88.2 Å². The van der Waals surface area contributed by atoms with Gasteiger partial charge in [0.15, 0.2) is 0 Å². The molecule has 0 radical (unpaired) electrons. The fourth-order valence-corrected chi connectivity index (χ4v) is 15.3. The number of benzene rings is 1. The lowest BCUT2D eigenvalue weighted by molar-refractivity contribution is -0.144. The molecule has 0 bridgehead atoms. The molecule has 107 heavy (non-hydrogen) atoms. The number of allylic oxidation sites excluding steroid dienone is 1. The summed E-state index contributed by atoms with van der Waals surface area (Å²) >= 11 is 0. The number of rotatable bonds is 41. The minimum Gasteiger partial charge on any atom is -0.481 e. The third kappa shape index (κ3) is 31.6. The van der Waals surface area contributed by atoms with Crippen molar-refractivity contribution in [1.82, 2.24) is 29.4 Å². The van der Waals surface area contributed by atoms with Gasteiger partial charge in [-0.25, -0.2) is 0 Å². The van der Waals surface area contributed by atoms with Crippen LogP contribution in [0.25, 0.3) is 0 Å². The summed E-state index contributed by atoms with van der Waals surface area (Å²) in [6.07, 6.45) is 25.0. The minimum atomic E-state index is -0.869. The largest absolute Gasteiger partial charge is 0.481 e. The van der Waals surface area contributed by atoms with Crippen LogP contribution in [0, 0.1) is 82.9 Å². The van der Waals surface area contributed by atoms with E-state index in [0.717, 1.165) is 115 Å². The molecule has 0 aliphatic carbocycles. The first-order chi connectivity index (χ1) is 50.9. The van der Waals surface area contributed by atoms with Crippen molar-refractivity contribution in [2.24, 2.45) is 82.9 Å². The van der Waals surface area contributed by atoms with Crippen molar-refractivity contribution in [3.05, 3.63) is 48.6 Å². The molecule has 6 aliphatic heterocycles. The van der Waals surface area contributed by atoms with E-state index in [1.807, 2.05) is 71.9 Å². The highest BCUT2D eigenvalue weighted by atomic mass is 16.4. The fourth-order valence-electron chi connectivity index (χ4n) is 15.3. The SMILES string of the molecule is C=CCC1C(=O)N(CCCCCC)CC1C(=O)O.CCCCCCN1CC(C(=O)O)C(CCC)C1=O.CCCCCN1CC(C(=O)O)C(CC(C)C)C1=O.CCCCN1CC(C(=O)O)C(CC(C)C)C1=O.CCCCN1CC(C(=O)O)C(CCC)C1=O.CCCCN1CC(C(=O)O)C(Cc2ccccc2)C1=O. The highest BCUT2D eigenvalue weighted by Gasteiger charge is 2.49. The molecule has 12 atom stereocenters. The summed E-state index contributed by atoms with van der Waals surface area (Å²) in [6, 6.07) is 9.64. The Hall–Kier alpha value is -7.40. The summed E-state index contributed by atoms with van der Waals surface area (Å²) in [5.74, 6) is -9.37. The molecule has 6 aliphatic rings. The summed E-state index contributed by atoms with van der Waals surface area (Å²) in [7, 11) is 0. The molecular formula is C83H138N6O18. The number of carbonyl (C=O) groups is 12. The smallest absolute Gasteiger partial charge is 0.309 e. The van der Waals surface area contributed by atoms with Crippen molar-refractivity contribution in [3.8, 4) is 0 Å². The van der Waals surface area contributed by atoms with Crippen molar-refractivity contribution in [2.75, 3.05) is 78.5 Å². The summed E-state index contributed by atoms with van der Waals surface area (Å²) < 4.78 is 0. The minimum absolute atomic E-state index is 0.00490. The number of carbonyl (C=O) groups excluding carboxylic acids is 6. The van der Waals surface area contributed by atoms with Crippen molar-refractivity contribution >= 4 is 71.3 Å². The Bertz CT molecular complexity index is 2910.